The van der Waals surface area contributed by atoms with Crippen LogP contribution in [0, 0.1) is 19.8 Å². The summed E-state index contributed by atoms with van der Waals surface area (Å²) in [6, 6.07) is 19.5. The van der Waals surface area contributed by atoms with Crippen molar-refractivity contribution in [3.8, 4) is 33.4 Å². The van der Waals surface area contributed by atoms with E-state index in [1.165, 1.54) is 0 Å². The molecule has 1 aliphatic heterocycles. The number of pyridine rings is 2. The van der Waals surface area contributed by atoms with Gasteiger partial charge in [0.2, 0.25) is 0 Å². The van der Waals surface area contributed by atoms with E-state index >= 15 is 0 Å². The minimum atomic E-state index is -3.67. The molecule has 49 heavy (non-hydrogen) atoms. The number of anilines is 1. The van der Waals surface area contributed by atoms with Crippen molar-refractivity contribution in [3.05, 3.63) is 118 Å². The van der Waals surface area contributed by atoms with Crippen molar-refractivity contribution in [1.29, 1.82) is 0 Å². The number of Topliss-reactive ketones (excluding diaryl/α,β-unsaturated/α-hetero) is 1. The Labute approximate surface area is 285 Å². The Morgan fingerprint density at radius 3 is 2.18 bits per heavy atom. The molecule has 1 fully saturated rings. The fourth-order valence-corrected chi connectivity index (χ4v) is 5.68. The molecule has 0 unspecified atom stereocenters. The number of carbonyl (C=O) groups excluding carboxylic acids is 1. The van der Waals surface area contributed by atoms with E-state index < -0.39 is 10.1 Å². The number of carbonyl (C=O) groups is 1. The van der Waals surface area contributed by atoms with Gasteiger partial charge in [-0.3, -0.25) is 14.1 Å². The van der Waals surface area contributed by atoms with Crippen LogP contribution in [0.2, 0.25) is 0 Å². The van der Waals surface area contributed by atoms with Crippen molar-refractivity contribution in [3.63, 3.8) is 0 Å². The second kappa shape index (κ2) is 15.5. The summed E-state index contributed by atoms with van der Waals surface area (Å²) in [5.74, 6) is 0.641. The molecule has 0 atom stereocenters. The molecule has 1 aliphatic rings. The van der Waals surface area contributed by atoms with Gasteiger partial charge in [-0.15, -0.1) is 0 Å². The zero-order valence-electron chi connectivity index (χ0n) is 27.7. The number of hydrogen-bond donors (Lipinski definition) is 2. The Morgan fingerprint density at radius 2 is 1.53 bits per heavy atom. The van der Waals surface area contributed by atoms with Gasteiger partial charge in [-0.1, -0.05) is 54.1 Å². The van der Waals surface area contributed by atoms with Crippen molar-refractivity contribution in [2.75, 3.05) is 25.2 Å². The molecule has 0 bridgehead atoms. The third-order valence-electron chi connectivity index (χ3n) is 8.21. The van der Waals surface area contributed by atoms with E-state index in [-0.39, 0.29) is 23.2 Å². The lowest BCUT2D eigenvalue weighted by Crippen LogP contribution is -2.25. The van der Waals surface area contributed by atoms with Gasteiger partial charge in [0.25, 0.3) is 10.1 Å². The predicted molar refractivity (Wildman–Crippen MR) is 190 cm³/mol. The van der Waals surface area contributed by atoms with Crippen LogP contribution in [0.25, 0.3) is 33.4 Å². The van der Waals surface area contributed by atoms with Crippen LogP contribution in [0.3, 0.4) is 0 Å². The number of aromatic nitrogens is 4. The first-order chi connectivity index (χ1) is 23.3. The van der Waals surface area contributed by atoms with Crippen molar-refractivity contribution in [1.82, 2.24) is 19.7 Å². The molecule has 6 rings (SSSR count). The molecule has 2 aromatic carbocycles. The fourth-order valence-electron chi connectivity index (χ4n) is 5.68. The Balaban J connectivity index is 0.000000874. The molecule has 0 aliphatic carbocycles. The molecule has 0 amide bonds. The average Bonchev–Trinajstić information content (AvgIpc) is 3.06. The number of hydrogen-bond acceptors (Lipinski definition) is 9. The lowest BCUT2D eigenvalue weighted by atomic mass is 9.96. The Hall–Kier alpha value is -5.04. The molecule has 254 valence electrons. The first kappa shape index (κ1) is 35.3. The topological polar surface area (TPSA) is 167 Å². The summed E-state index contributed by atoms with van der Waals surface area (Å²) in [6.07, 6.45) is 9.80. The van der Waals surface area contributed by atoms with E-state index in [2.05, 4.69) is 15.2 Å². The van der Waals surface area contributed by atoms with Gasteiger partial charge in [0, 0.05) is 67.0 Å². The summed E-state index contributed by atoms with van der Waals surface area (Å²) in [4.78, 5) is 31.8. The Bertz CT molecular complexity index is 2100. The highest BCUT2D eigenvalue weighted by molar-refractivity contribution is 7.85. The summed E-state index contributed by atoms with van der Waals surface area (Å²) >= 11 is 0. The zero-order valence-corrected chi connectivity index (χ0v) is 28.5. The number of nitrogens with two attached hydrogens (primary N) is 1. The lowest BCUT2D eigenvalue weighted by Gasteiger charge is -2.23. The minimum Gasteiger partial charge on any atom is -0.383 e. The normalized spacial score (nSPS) is 13.4. The minimum absolute atomic E-state index is 0.111. The van der Waals surface area contributed by atoms with E-state index in [0.717, 1.165) is 77.2 Å². The molecule has 3 aromatic heterocycles. The highest BCUT2D eigenvalue weighted by atomic mass is 32.2. The number of ketones is 1. The third kappa shape index (κ3) is 9.75. The molecule has 0 saturated carbocycles. The quantitative estimate of drug-likeness (QED) is 0.156. The average molecular weight is 682 g/mol. The molecule has 1 saturated heterocycles. The van der Waals surface area contributed by atoms with Crippen LogP contribution in [0.15, 0.2) is 90.2 Å². The van der Waals surface area contributed by atoms with E-state index in [1.54, 1.807) is 18.6 Å². The van der Waals surface area contributed by atoms with Gasteiger partial charge in [0.1, 0.15) is 5.82 Å². The largest absolute Gasteiger partial charge is 0.383 e. The van der Waals surface area contributed by atoms with Gasteiger partial charge in [-0.05, 0) is 61.4 Å². The van der Waals surface area contributed by atoms with E-state index in [9.17, 15) is 18.0 Å². The molecule has 0 radical (unpaired) electrons. The molecule has 3 N–H and O–H groups in total. The smallest absolute Gasteiger partial charge is 0.261 e. The maximum absolute atomic E-state index is 13.7. The predicted octanol–water partition coefficient (Wildman–Crippen LogP) is 5.59. The first-order valence-electron chi connectivity index (χ1n) is 15.8. The Kier molecular flexibility index (Phi) is 11.1. The summed E-state index contributed by atoms with van der Waals surface area (Å²) in [5, 5.41) is 8.08. The van der Waals surface area contributed by atoms with Crippen LogP contribution in [-0.2, 0) is 27.8 Å². The van der Waals surface area contributed by atoms with Crippen molar-refractivity contribution in [2.24, 2.45) is 5.92 Å². The maximum atomic E-state index is 13.7. The van der Waals surface area contributed by atoms with Crippen LogP contribution in [0.5, 0.6) is 0 Å². The number of aryl methyl sites for hydroxylation is 2. The molecule has 4 heterocycles. The molecule has 0 spiro atoms. The molecule has 11 nitrogen and oxygen atoms in total. The van der Waals surface area contributed by atoms with Gasteiger partial charge >= 0.3 is 0 Å². The highest BCUT2D eigenvalue weighted by Gasteiger charge is 2.20. The second-order valence-corrected chi connectivity index (χ2v) is 13.8. The summed E-state index contributed by atoms with van der Waals surface area (Å²) in [5.41, 5.74) is 13.8. The van der Waals surface area contributed by atoms with Gasteiger partial charge in [0.05, 0.1) is 23.7 Å². The fraction of sp³-hybridized carbons (Fsp3) is 0.270. The summed E-state index contributed by atoms with van der Waals surface area (Å²) < 4.78 is 33.4. The van der Waals surface area contributed by atoms with Crippen molar-refractivity contribution in [2.45, 2.75) is 39.7 Å². The standard InChI is InChI=1S/C36H35N5O3.CH4O3S/c1-23-3-7-28(8-4-23)32-21-41(20-26-11-13-44-14-12-26)22-33(35(32)43)34(42)16-25-5-9-27(10-6-25)31-17-30(18-38-36(31)37)29-15-24(2)40-39-19-29;1-5(2,3)4/h3-10,15,17-19,21-22,26H,11-14,16,20H2,1-2H3,(H2,37,38);1H3,(H,2,3,4). The second-order valence-electron chi connectivity index (χ2n) is 12.3. The SMILES string of the molecule is CS(=O)(=O)O.Cc1ccc(-c2cn(CC3CCOCC3)cc(C(=O)Cc3ccc(-c4cc(-c5cnnc(C)c5)cnc4N)cc3)c2=O)cc1. The number of ether oxygens (including phenoxy) is 1. The van der Waals surface area contributed by atoms with Gasteiger partial charge < -0.3 is 15.0 Å². The highest BCUT2D eigenvalue weighted by Crippen LogP contribution is 2.30. The number of nitrogen functional groups attached to an aromatic ring is 1. The zero-order chi connectivity index (χ0) is 35.1. The lowest BCUT2D eigenvalue weighted by molar-refractivity contribution is 0.0612. The molecule has 5 aromatic rings. The molecular weight excluding hydrogens is 643 g/mol. The maximum Gasteiger partial charge on any atom is 0.261 e. The van der Waals surface area contributed by atoms with Crippen LogP contribution in [0.1, 0.15) is 40.0 Å². The molecular formula is C37H39N5O6S. The summed E-state index contributed by atoms with van der Waals surface area (Å²) in [7, 11) is -3.67. The van der Waals surface area contributed by atoms with Crippen molar-refractivity contribution >= 4 is 21.7 Å². The molecule has 12 heteroatoms. The van der Waals surface area contributed by atoms with Crippen LogP contribution >= 0.6 is 0 Å². The van der Waals surface area contributed by atoms with E-state index in [1.807, 2.05) is 85.3 Å². The van der Waals surface area contributed by atoms with Crippen LogP contribution in [0.4, 0.5) is 5.82 Å². The van der Waals surface area contributed by atoms with Gasteiger partial charge in [0.15, 0.2) is 11.2 Å². The van der Waals surface area contributed by atoms with Gasteiger partial charge in [-0.25, -0.2) is 4.98 Å². The van der Waals surface area contributed by atoms with E-state index in [4.69, 9.17) is 15.0 Å². The van der Waals surface area contributed by atoms with Gasteiger partial charge in [-0.2, -0.15) is 18.6 Å². The van der Waals surface area contributed by atoms with E-state index in [0.29, 0.717) is 23.6 Å². The third-order valence-corrected chi connectivity index (χ3v) is 8.21. The number of nitrogens with zero attached hydrogens (tertiary/aromatic N) is 4. The van der Waals surface area contributed by atoms with Crippen molar-refractivity contribution < 1.29 is 22.5 Å². The summed E-state index contributed by atoms with van der Waals surface area (Å²) in [6.45, 7) is 6.12. The number of rotatable bonds is 8. The monoisotopic (exact) mass is 681 g/mol. The Morgan fingerprint density at radius 1 is 0.918 bits per heavy atom. The van der Waals surface area contributed by atoms with Crippen LogP contribution < -0.4 is 11.2 Å². The number of benzene rings is 2. The van der Waals surface area contributed by atoms with Crippen LogP contribution in [-0.4, -0.2) is 58.0 Å². The first-order valence-corrected chi connectivity index (χ1v) is 17.7.